The third-order valence-electron chi connectivity index (χ3n) is 6.99. The number of benzene rings is 3. The molecule has 0 aromatic heterocycles. The molecule has 0 spiro atoms. The first kappa shape index (κ1) is 26.2. The number of carbonyl (C=O) groups is 1. The molecule has 1 fully saturated rings. The van der Waals surface area contributed by atoms with Crippen molar-refractivity contribution in [3.63, 3.8) is 0 Å². The number of hydrogen-bond donors (Lipinski definition) is 2. The molecule has 0 saturated carbocycles. The smallest absolute Gasteiger partial charge is 0.324 e. The zero-order chi connectivity index (χ0) is 26.9. The van der Waals surface area contributed by atoms with Crippen molar-refractivity contribution in [1.82, 2.24) is 10.2 Å². The zero-order valence-corrected chi connectivity index (χ0v) is 20.6. The van der Waals surface area contributed by atoms with Gasteiger partial charge in [0, 0.05) is 13.0 Å². The van der Waals surface area contributed by atoms with Crippen molar-refractivity contribution in [3.05, 3.63) is 71.3 Å². The van der Waals surface area contributed by atoms with Crippen molar-refractivity contribution in [1.29, 1.82) is 0 Å². The first-order chi connectivity index (χ1) is 18.2. The second kappa shape index (κ2) is 10.8. The zero-order valence-electron chi connectivity index (χ0n) is 20.6. The largest absolute Gasteiger partial charge is 0.486 e. The Bertz CT molecular complexity index is 1330. The van der Waals surface area contributed by atoms with E-state index < -0.39 is 36.2 Å². The summed E-state index contributed by atoms with van der Waals surface area (Å²) in [6, 6.07) is 10.6. The van der Waals surface area contributed by atoms with Gasteiger partial charge in [0.15, 0.2) is 17.3 Å². The molecule has 5 rings (SSSR count). The predicted molar refractivity (Wildman–Crippen MR) is 133 cm³/mol. The maximum Gasteiger partial charge on any atom is 0.324 e. The van der Waals surface area contributed by atoms with Gasteiger partial charge in [-0.1, -0.05) is 24.3 Å². The Kier molecular flexibility index (Phi) is 7.45. The van der Waals surface area contributed by atoms with Gasteiger partial charge in [-0.15, -0.1) is 0 Å². The first-order valence-electron chi connectivity index (χ1n) is 12.6. The number of aliphatic hydroxyl groups is 1. The van der Waals surface area contributed by atoms with Crippen LogP contribution in [-0.2, 0) is 11.2 Å². The summed E-state index contributed by atoms with van der Waals surface area (Å²) in [5, 5.41) is 14.7. The number of halogens is 4. The van der Waals surface area contributed by atoms with E-state index in [1.165, 1.54) is 18.2 Å². The standard InChI is InChI=1S/C28H28F4N2O4/c29-21-5-4-18-12-17(2-3-19(18)13-21)6-7-28(31,32)27(36)33-23(16-34-8-1-9-34)25(35)20-14-22(30)26-24(15-20)37-10-11-38-26/h2-5,12-15,23,25,35H,1,6-11,16H2,(H,33,36)/t23-,25-/m1/s1. The molecule has 0 unspecified atom stereocenters. The molecule has 10 heteroatoms. The van der Waals surface area contributed by atoms with E-state index in [1.807, 2.05) is 4.90 Å². The number of alkyl halides is 2. The van der Waals surface area contributed by atoms with Gasteiger partial charge in [0.2, 0.25) is 0 Å². The first-order valence-corrected chi connectivity index (χ1v) is 12.6. The van der Waals surface area contributed by atoms with Crippen LogP contribution in [0.5, 0.6) is 11.5 Å². The van der Waals surface area contributed by atoms with Crippen LogP contribution in [0.25, 0.3) is 10.8 Å². The summed E-state index contributed by atoms with van der Waals surface area (Å²) in [4.78, 5) is 14.6. The number of aryl methyl sites for hydroxylation is 1. The van der Waals surface area contributed by atoms with E-state index in [4.69, 9.17) is 9.47 Å². The summed E-state index contributed by atoms with van der Waals surface area (Å²) in [5.41, 5.74) is 0.675. The van der Waals surface area contributed by atoms with Gasteiger partial charge in [-0.3, -0.25) is 4.79 Å². The fourth-order valence-corrected chi connectivity index (χ4v) is 4.71. The van der Waals surface area contributed by atoms with Gasteiger partial charge in [-0.25, -0.2) is 8.78 Å². The molecule has 2 atom stereocenters. The lowest BCUT2D eigenvalue weighted by molar-refractivity contribution is -0.148. The minimum atomic E-state index is -3.72. The summed E-state index contributed by atoms with van der Waals surface area (Å²) >= 11 is 0. The molecule has 0 bridgehead atoms. The van der Waals surface area contributed by atoms with Gasteiger partial charge in [-0.2, -0.15) is 8.78 Å². The van der Waals surface area contributed by atoms with E-state index in [2.05, 4.69) is 5.32 Å². The highest BCUT2D eigenvalue weighted by Crippen LogP contribution is 2.36. The van der Waals surface area contributed by atoms with Crippen LogP contribution < -0.4 is 14.8 Å². The maximum atomic E-state index is 15.0. The van der Waals surface area contributed by atoms with Crippen molar-refractivity contribution in [3.8, 4) is 11.5 Å². The highest BCUT2D eigenvalue weighted by atomic mass is 19.3. The monoisotopic (exact) mass is 532 g/mol. The maximum absolute atomic E-state index is 15.0. The van der Waals surface area contributed by atoms with Gasteiger partial charge in [0.05, 0.1) is 6.04 Å². The van der Waals surface area contributed by atoms with Gasteiger partial charge in [0.1, 0.15) is 25.1 Å². The van der Waals surface area contributed by atoms with E-state index >= 15 is 0 Å². The van der Waals surface area contributed by atoms with E-state index in [0.29, 0.717) is 29.4 Å². The lowest BCUT2D eigenvalue weighted by Crippen LogP contribution is -2.54. The SMILES string of the molecule is O=C(N[C@H](CN1CCC1)[C@H](O)c1cc(F)c2c(c1)OCCO2)C(F)(F)CCc1ccc2cc(F)ccc2c1. The van der Waals surface area contributed by atoms with Gasteiger partial charge in [0.25, 0.3) is 5.91 Å². The molecule has 38 heavy (non-hydrogen) atoms. The molecule has 3 aromatic rings. The van der Waals surface area contributed by atoms with Crippen LogP contribution in [-0.4, -0.2) is 60.7 Å². The van der Waals surface area contributed by atoms with Crippen LogP contribution >= 0.6 is 0 Å². The molecule has 202 valence electrons. The second-order valence-electron chi connectivity index (χ2n) is 9.74. The van der Waals surface area contributed by atoms with Crippen LogP contribution in [0.3, 0.4) is 0 Å². The minimum absolute atomic E-state index is 0.0686. The van der Waals surface area contributed by atoms with E-state index in [9.17, 15) is 27.5 Å². The Labute approximate surface area is 217 Å². The molecular formula is C28H28F4N2O4. The third-order valence-corrected chi connectivity index (χ3v) is 6.99. The van der Waals surface area contributed by atoms with Crippen LogP contribution in [0.4, 0.5) is 17.6 Å². The fourth-order valence-electron chi connectivity index (χ4n) is 4.71. The van der Waals surface area contributed by atoms with Gasteiger partial charge in [-0.05, 0) is 72.1 Å². The summed E-state index contributed by atoms with van der Waals surface area (Å²) < 4.78 is 68.6. The van der Waals surface area contributed by atoms with Gasteiger partial charge >= 0.3 is 5.92 Å². The Hall–Kier alpha value is -3.37. The average Bonchev–Trinajstić information content (AvgIpc) is 2.88. The highest BCUT2D eigenvalue weighted by molar-refractivity contribution is 5.84. The van der Waals surface area contributed by atoms with Crippen LogP contribution in [0.15, 0.2) is 48.5 Å². The third kappa shape index (κ3) is 5.71. The van der Waals surface area contributed by atoms with Crippen LogP contribution in [0.2, 0.25) is 0 Å². The molecule has 3 aromatic carbocycles. The molecule has 6 nitrogen and oxygen atoms in total. The number of rotatable bonds is 9. The molecule has 1 saturated heterocycles. The fraction of sp³-hybridized carbons (Fsp3) is 0.393. The lowest BCUT2D eigenvalue weighted by atomic mass is 9.98. The topological polar surface area (TPSA) is 71.0 Å². The van der Waals surface area contributed by atoms with Crippen molar-refractivity contribution in [2.45, 2.75) is 37.3 Å². The Balaban J connectivity index is 1.29. The van der Waals surface area contributed by atoms with Crippen LogP contribution in [0, 0.1) is 11.6 Å². The highest BCUT2D eigenvalue weighted by Gasteiger charge is 2.41. The summed E-state index contributed by atoms with van der Waals surface area (Å²) in [7, 11) is 0. The number of carbonyl (C=O) groups excluding carboxylic acids is 1. The molecule has 2 heterocycles. The number of nitrogens with zero attached hydrogens (tertiary/aromatic N) is 1. The minimum Gasteiger partial charge on any atom is -0.486 e. The number of fused-ring (bicyclic) bond motifs is 2. The van der Waals surface area contributed by atoms with E-state index in [0.717, 1.165) is 12.5 Å². The quantitative estimate of drug-likeness (QED) is 0.401. The molecule has 0 radical (unpaired) electrons. The number of ether oxygens (including phenoxy) is 2. The number of amides is 1. The van der Waals surface area contributed by atoms with Crippen LogP contribution in [0.1, 0.15) is 30.1 Å². The molecular weight excluding hydrogens is 504 g/mol. The van der Waals surface area contributed by atoms with Gasteiger partial charge < -0.3 is 24.8 Å². The summed E-state index contributed by atoms with van der Waals surface area (Å²) in [6.45, 7) is 1.93. The number of hydrogen-bond acceptors (Lipinski definition) is 5. The molecule has 1 amide bonds. The summed E-state index contributed by atoms with van der Waals surface area (Å²) in [6.07, 6.45) is -1.37. The lowest BCUT2D eigenvalue weighted by Gasteiger charge is -2.36. The molecule has 2 aliphatic rings. The van der Waals surface area contributed by atoms with E-state index in [-0.39, 0.29) is 49.1 Å². The second-order valence-corrected chi connectivity index (χ2v) is 9.74. The molecule has 2 N–H and O–H groups in total. The normalized spacial score (nSPS) is 17.1. The number of likely N-dealkylation sites (tertiary alicyclic amines) is 1. The van der Waals surface area contributed by atoms with Crippen molar-refractivity contribution < 1.29 is 36.9 Å². The van der Waals surface area contributed by atoms with Crippen molar-refractivity contribution >= 4 is 16.7 Å². The number of aliphatic hydroxyl groups excluding tert-OH is 1. The van der Waals surface area contributed by atoms with E-state index in [1.54, 1.807) is 24.3 Å². The summed E-state index contributed by atoms with van der Waals surface area (Å²) in [5.74, 6) is -6.31. The molecule has 2 aliphatic heterocycles. The Morgan fingerprint density at radius 3 is 2.53 bits per heavy atom. The van der Waals surface area contributed by atoms with Crippen molar-refractivity contribution in [2.24, 2.45) is 0 Å². The molecule has 0 aliphatic carbocycles. The van der Waals surface area contributed by atoms with Crippen molar-refractivity contribution in [2.75, 3.05) is 32.8 Å². The predicted octanol–water partition coefficient (Wildman–Crippen LogP) is 4.38. The Morgan fingerprint density at radius 2 is 1.76 bits per heavy atom. The Morgan fingerprint density at radius 1 is 1.03 bits per heavy atom. The number of nitrogens with one attached hydrogen (secondary N) is 1. The average molecular weight is 533 g/mol.